The lowest BCUT2D eigenvalue weighted by atomic mass is 9.94. The van der Waals surface area contributed by atoms with Crippen LogP contribution in [-0.2, 0) is 22.6 Å². The maximum absolute atomic E-state index is 15.4. The molecule has 2 aliphatic rings. The minimum atomic E-state index is -0.323. The molecule has 6 nitrogen and oxygen atoms in total. The van der Waals surface area contributed by atoms with Gasteiger partial charge >= 0.3 is 0 Å². The Labute approximate surface area is 245 Å². The zero-order valence-electron chi connectivity index (χ0n) is 23.0. The second-order valence-corrected chi connectivity index (χ2v) is 11.3. The van der Waals surface area contributed by atoms with Gasteiger partial charge in [0.05, 0.1) is 36.7 Å². The molecule has 0 saturated carbocycles. The van der Waals surface area contributed by atoms with Crippen LogP contribution in [0.4, 0.5) is 15.8 Å². The molecule has 0 bridgehead atoms. The molecule has 2 fully saturated rings. The average Bonchev–Trinajstić information content (AvgIpc) is 3.01. The van der Waals surface area contributed by atoms with Crippen molar-refractivity contribution in [2.45, 2.75) is 25.9 Å². The van der Waals surface area contributed by atoms with Crippen LogP contribution in [0.15, 0.2) is 78.9 Å². The Balaban J connectivity index is 1.17. The van der Waals surface area contributed by atoms with E-state index in [0.717, 1.165) is 54.6 Å². The van der Waals surface area contributed by atoms with Crippen molar-refractivity contribution in [1.82, 2.24) is 9.88 Å². The normalized spacial score (nSPS) is 16.7. The van der Waals surface area contributed by atoms with Crippen LogP contribution in [0.5, 0.6) is 0 Å². The van der Waals surface area contributed by atoms with E-state index in [9.17, 15) is 4.79 Å². The summed E-state index contributed by atoms with van der Waals surface area (Å²) in [6, 6.07) is 25.0. The maximum Gasteiger partial charge on any atom is 0.230 e. The van der Waals surface area contributed by atoms with Gasteiger partial charge in [-0.15, -0.1) is 0 Å². The van der Waals surface area contributed by atoms with Crippen LogP contribution in [0, 0.1) is 11.7 Å². The smallest absolute Gasteiger partial charge is 0.230 e. The van der Waals surface area contributed by atoms with E-state index in [1.165, 1.54) is 6.07 Å². The summed E-state index contributed by atoms with van der Waals surface area (Å²) in [4.78, 5) is 24.9. The first-order valence-electron chi connectivity index (χ1n) is 14.3. The molecule has 0 N–H and O–H groups in total. The van der Waals surface area contributed by atoms with E-state index in [-0.39, 0.29) is 17.6 Å². The molecule has 4 aromatic rings. The minimum Gasteiger partial charge on any atom is -0.378 e. The number of pyridine rings is 1. The van der Waals surface area contributed by atoms with E-state index in [0.29, 0.717) is 49.2 Å². The van der Waals surface area contributed by atoms with Gasteiger partial charge in [0.15, 0.2) is 0 Å². The Morgan fingerprint density at radius 1 is 0.951 bits per heavy atom. The molecular weight excluding hydrogens is 539 g/mol. The number of para-hydroxylation sites is 1. The van der Waals surface area contributed by atoms with Crippen molar-refractivity contribution in [3.63, 3.8) is 0 Å². The summed E-state index contributed by atoms with van der Waals surface area (Å²) in [6.45, 7) is 5.19. The molecule has 1 amide bonds. The van der Waals surface area contributed by atoms with Crippen molar-refractivity contribution < 1.29 is 13.9 Å². The predicted molar refractivity (Wildman–Crippen MR) is 162 cm³/mol. The summed E-state index contributed by atoms with van der Waals surface area (Å²) in [6.07, 6.45) is 1.50. The number of hydrogen-bond donors (Lipinski definition) is 0. The van der Waals surface area contributed by atoms with E-state index in [1.54, 1.807) is 11.0 Å². The number of carbonyl (C=O) groups excluding carboxylic acids is 1. The number of halogens is 2. The number of piperidine rings is 1. The number of carbonyl (C=O) groups is 1. The van der Waals surface area contributed by atoms with Crippen molar-refractivity contribution in [3.8, 4) is 0 Å². The van der Waals surface area contributed by atoms with Crippen molar-refractivity contribution in [3.05, 3.63) is 101 Å². The van der Waals surface area contributed by atoms with Gasteiger partial charge in [0, 0.05) is 41.6 Å². The van der Waals surface area contributed by atoms with Gasteiger partial charge in [-0.25, -0.2) is 4.39 Å². The van der Waals surface area contributed by atoms with Gasteiger partial charge in [-0.1, -0.05) is 48.0 Å². The number of amides is 1. The van der Waals surface area contributed by atoms with Gasteiger partial charge in [0.1, 0.15) is 5.82 Å². The Kier molecular flexibility index (Phi) is 8.46. The molecule has 6 rings (SSSR count). The van der Waals surface area contributed by atoms with E-state index in [2.05, 4.69) is 23.1 Å². The second kappa shape index (κ2) is 12.6. The Morgan fingerprint density at radius 3 is 2.46 bits per heavy atom. The highest BCUT2D eigenvalue weighted by molar-refractivity contribution is 6.30. The van der Waals surface area contributed by atoms with E-state index < -0.39 is 0 Å². The van der Waals surface area contributed by atoms with Crippen LogP contribution in [0.2, 0.25) is 5.02 Å². The molecule has 212 valence electrons. The van der Waals surface area contributed by atoms with Crippen LogP contribution in [0.3, 0.4) is 0 Å². The topological polar surface area (TPSA) is 48.9 Å². The third-order valence-electron chi connectivity index (χ3n) is 8.09. The summed E-state index contributed by atoms with van der Waals surface area (Å²) in [5.41, 5.74) is 4.10. The van der Waals surface area contributed by atoms with Crippen LogP contribution in [0.25, 0.3) is 10.9 Å². The second-order valence-electron chi connectivity index (χ2n) is 10.8. The molecule has 0 atom stereocenters. The maximum atomic E-state index is 15.4. The third-order valence-corrected chi connectivity index (χ3v) is 8.35. The quantitative estimate of drug-likeness (QED) is 0.260. The molecule has 0 unspecified atom stereocenters. The van der Waals surface area contributed by atoms with Crippen LogP contribution < -0.4 is 9.80 Å². The van der Waals surface area contributed by atoms with Gasteiger partial charge in [-0.2, -0.15) is 0 Å². The van der Waals surface area contributed by atoms with Crippen LogP contribution in [0.1, 0.15) is 24.1 Å². The fourth-order valence-electron chi connectivity index (χ4n) is 5.78. The van der Waals surface area contributed by atoms with E-state index in [1.807, 2.05) is 53.4 Å². The lowest BCUT2D eigenvalue weighted by Crippen LogP contribution is -2.42. The molecule has 0 radical (unpaired) electrons. The number of benzene rings is 3. The highest BCUT2D eigenvalue weighted by atomic mass is 35.5. The third kappa shape index (κ3) is 6.53. The number of rotatable bonds is 7. The average molecular weight is 573 g/mol. The fraction of sp³-hybridized carbons (Fsp3) is 0.333. The molecule has 3 aromatic carbocycles. The molecule has 1 aromatic heterocycles. The van der Waals surface area contributed by atoms with Crippen LogP contribution in [-0.4, -0.2) is 55.2 Å². The molecule has 2 aliphatic heterocycles. The molecule has 8 heteroatoms. The monoisotopic (exact) mass is 572 g/mol. The zero-order valence-corrected chi connectivity index (χ0v) is 23.8. The molecular formula is C33H34ClFN4O2. The van der Waals surface area contributed by atoms with Crippen molar-refractivity contribution >= 4 is 39.8 Å². The molecule has 2 saturated heterocycles. The van der Waals surface area contributed by atoms with Gasteiger partial charge in [-0.05, 0) is 74.0 Å². The van der Waals surface area contributed by atoms with Crippen molar-refractivity contribution in [2.24, 2.45) is 5.92 Å². The highest BCUT2D eigenvalue weighted by Crippen LogP contribution is 2.30. The number of morpholine rings is 1. The first-order chi connectivity index (χ1) is 20.0. The number of nitrogens with zero attached hydrogens (tertiary/aromatic N) is 4. The van der Waals surface area contributed by atoms with Gasteiger partial charge < -0.3 is 14.5 Å². The lowest BCUT2D eigenvalue weighted by Gasteiger charge is -2.34. The predicted octanol–water partition coefficient (Wildman–Crippen LogP) is 6.31. The number of likely N-dealkylation sites (tertiary alicyclic amines) is 1. The molecule has 41 heavy (non-hydrogen) atoms. The first-order valence-corrected chi connectivity index (χ1v) is 14.7. The summed E-state index contributed by atoms with van der Waals surface area (Å²) in [5, 5.41) is 1.77. The standard InChI is InChI=1S/C33H34ClFN4O2/c34-27-8-5-24(6-9-27)22-39(29-11-12-32(30(35)21-29)38-17-19-41-20-18-38)33(40)26-13-15-37(16-14-26)23-28-10-7-25-3-1-2-4-31(25)36-28/h1-12,21,26H,13-20,22-23H2. The van der Waals surface area contributed by atoms with E-state index >= 15 is 4.39 Å². The van der Waals surface area contributed by atoms with Gasteiger partial charge in [0.2, 0.25) is 5.91 Å². The molecule has 3 heterocycles. The SMILES string of the molecule is O=C(C1CCN(Cc2ccc3ccccc3n2)CC1)N(Cc1ccc(Cl)cc1)c1ccc(N2CCOCC2)c(F)c1. The first kappa shape index (κ1) is 27.6. The highest BCUT2D eigenvalue weighted by Gasteiger charge is 2.30. The van der Waals surface area contributed by atoms with Gasteiger partial charge in [-0.3, -0.25) is 14.7 Å². The van der Waals surface area contributed by atoms with Crippen molar-refractivity contribution in [2.75, 3.05) is 49.2 Å². The lowest BCUT2D eigenvalue weighted by molar-refractivity contribution is -0.124. The number of ether oxygens (including phenoxy) is 1. The summed E-state index contributed by atoms with van der Waals surface area (Å²) < 4.78 is 20.8. The number of anilines is 2. The largest absolute Gasteiger partial charge is 0.378 e. The summed E-state index contributed by atoms with van der Waals surface area (Å²) >= 11 is 6.11. The minimum absolute atomic E-state index is 0.0296. The summed E-state index contributed by atoms with van der Waals surface area (Å²) in [7, 11) is 0. The fourth-order valence-corrected chi connectivity index (χ4v) is 5.90. The van der Waals surface area contributed by atoms with Crippen molar-refractivity contribution in [1.29, 1.82) is 0 Å². The Hall–Kier alpha value is -3.52. The number of aromatic nitrogens is 1. The van der Waals surface area contributed by atoms with Gasteiger partial charge in [0.25, 0.3) is 0 Å². The number of hydrogen-bond acceptors (Lipinski definition) is 5. The zero-order chi connectivity index (χ0) is 28.2. The Morgan fingerprint density at radius 2 is 1.71 bits per heavy atom. The molecule has 0 aliphatic carbocycles. The molecule has 0 spiro atoms. The Bertz CT molecular complexity index is 1500. The van der Waals surface area contributed by atoms with E-state index in [4.69, 9.17) is 21.3 Å². The van der Waals surface area contributed by atoms with Crippen LogP contribution >= 0.6 is 11.6 Å². The number of fused-ring (bicyclic) bond motifs is 1. The summed E-state index contributed by atoms with van der Waals surface area (Å²) in [5.74, 6) is -0.428.